The van der Waals surface area contributed by atoms with Crippen LogP contribution in [0.15, 0.2) is 48.7 Å². The number of hydrogen-bond acceptors (Lipinski definition) is 4. The number of aromatic nitrogens is 2. The molecule has 2 aliphatic carbocycles. The molecule has 0 bridgehead atoms. The summed E-state index contributed by atoms with van der Waals surface area (Å²) < 4.78 is 41.0. The average Bonchev–Trinajstić information content (AvgIpc) is 3.68. The van der Waals surface area contributed by atoms with Crippen molar-refractivity contribution in [3.05, 3.63) is 81.6 Å². The molecule has 9 nitrogen and oxygen atoms in total. The first-order valence-electron chi connectivity index (χ1n) is 14.1. The van der Waals surface area contributed by atoms with E-state index in [0.29, 0.717) is 48.5 Å². The molecule has 1 aliphatic heterocycles. The first-order chi connectivity index (χ1) is 20.5. The maximum absolute atomic E-state index is 13.8. The zero-order valence-electron chi connectivity index (χ0n) is 23.2. The van der Waals surface area contributed by atoms with Crippen LogP contribution in [0.3, 0.4) is 0 Å². The second kappa shape index (κ2) is 11.2. The van der Waals surface area contributed by atoms with E-state index in [1.807, 2.05) is 29.6 Å². The number of nitrogens with zero attached hydrogens (tertiary/aromatic N) is 3. The first kappa shape index (κ1) is 29.0. The average molecular weight is 615 g/mol. The van der Waals surface area contributed by atoms with Gasteiger partial charge in [-0.05, 0) is 90.6 Å². The topological polar surface area (TPSA) is 108 Å². The second-order valence-electron chi connectivity index (χ2n) is 11.4. The van der Waals surface area contributed by atoms with Crippen LogP contribution in [0.5, 0.6) is 0 Å². The standard InChI is InChI=1S/C30H30ClF3N6O3/c1-39-24(8-9-35-39)27(41)38-26(19-3-2-17-11-21(31)6-4-16(17)10-19)28(42)36-22-7-5-18-13-23(14-20(18)12-22)40-15-25(30(32,33)34)37-29(40)43/h4-9,11-12,19,23,25-26H,2-3,10,13-15H2,1H3,(H,36,42)(H,37,43)(H,38,41)/t19?,23?,25-,26?/m0/s1. The van der Waals surface area contributed by atoms with E-state index in [4.69, 9.17) is 11.6 Å². The molecular weight excluding hydrogens is 585 g/mol. The molecule has 0 radical (unpaired) electrons. The van der Waals surface area contributed by atoms with Gasteiger partial charge in [0.15, 0.2) is 0 Å². The molecule has 43 heavy (non-hydrogen) atoms. The smallest absolute Gasteiger partial charge is 0.339 e. The number of carbonyl (C=O) groups excluding carboxylic acids is 3. The minimum atomic E-state index is -4.51. The fourth-order valence-corrected chi connectivity index (χ4v) is 6.61. The van der Waals surface area contributed by atoms with Gasteiger partial charge in [0.1, 0.15) is 17.8 Å². The largest absolute Gasteiger partial charge is 0.410 e. The summed E-state index contributed by atoms with van der Waals surface area (Å²) in [5, 5.41) is 12.6. The summed E-state index contributed by atoms with van der Waals surface area (Å²) >= 11 is 6.18. The summed E-state index contributed by atoms with van der Waals surface area (Å²) in [7, 11) is 1.65. The van der Waals surface area contributed by atoms with Gasteiger partial charge in [-0.25, -0.2) is 4.79 Å². The van der Waals surface area contributed by atoms with Crippen molar-refractivity contribution in [3.63, 3.8) is 0 Å². The van der Waals surface area contributed by atoms with E-state index in [1.165, 1.54) is 15.8 Å². The molecular formula is C30H30ClF3N6O3. The van der Waals surface area contributed by atoms with Gasteiger partial charge in [0.2, 0.25) is 5.91 Å². The van der Waals surface area contributed by atoms with Crippen LogP contribution in [0.1, 0.15) is 39.2 Å². The van der Waals surface area contributed by atoms with Gasteiger partial charge in [0, 0.05) is 30.0 Å². The van der Waals surface area contributed by atoms with E-state index >= 15 is 0 Å². The third kappa shape index (κ3) is 5.93. The third-order valence-corrected chi connectivity index (χ3v) is 8.92. The number of carbonyl (C=O) groups is 3. The maximum Gasteiger partial charge on any atom is 0.410 e. The maximum atomic E-state index is 13.8. The Kier molecular flexibility index (Phi) is 7.57. The molecule has 13 heteroatoms. The number of hydrogen-bond donors (Lipinski definition) is 3. The van der Waals surface area contributed by atoms with Crippen molar-refractivity contribution < 1.29 is 27.6 Å². The SMILES string of the molecule is Cn1nccc1C(=O)NC(C(=O)Nc1ccc2c(c1)CC(N1C[C@@H](C(F)(F)F)NC1=O)C2)C1CCc2cc(Cl)ccc2C1. The number of amides is 4. The van der Waals surface area contributed by atoms with Gasteiger partial charge in [0.05, 0.1) is 6.54 Å². The normalized spacial score (nSPS) is 22.0. The molecule has 4 amide bonds. The van der Waals surface area contributed by atoms with Gasteiger partial charge < -0.3 is 20.9 Å². The van der Waals surface area contributed by atoms with E-state index in [1.54, 1.807) is 25.2 Å². The molecule has 1 saturated heterocycles. The van der Waals surface area contributed by atoms with Crippen LogP contribution < -0.4 is 16.0 Å². The Hall–Kier alpha value is -4.06. The number of rotatable bonds is 6. The van der Waals surface area contributed by atoms with Gasteiger partial charge >= 0.3 is 12.2 Å². The minimum absolute atomic E-state index is 0.181. The van der Waals surface area contributed by atoms with Crippen LogP contribution in [0, 0.1) is 5.92 Å². The van der Waals surface area contributed by atoms with Crippen LogP contribution in [0.4, 0.5) is 23.7 Å². The molecule has 3 unspecified atom stereocenters. The lowest BCUT2D eigenvalue weighted by molar-refractivity contribution is -0.150. The summed E-state index contributed by atoms with van der Waals surface area (Å²) in [6.45, 7) is -0.431. The number of fused-ring (bicyclic) bond motifs is 2. The van der Waals surface area contributed by atoms with Crippen LogP contribution in [0.2, 0.25) is 5.02 Å². The Bertz CT molecular complexity index is 1590. The van der Waals surface area contributed by atoms with Crippen molar-refractivity contribution in [2.45, 2.75) is 56.4 Å². The zero-order valence-corrected chi connectivity index (χ0v) is 24.0. The van der Waals surface area contributed by atoms with Crippen LogP contribution in [0.25, 0.3) is 0 Å². The van der Waals surface area contributed by atoms with E-state index in [9.17, 15) is 27.6 Å². The van der Waals surface area contributed by atoms with Crippen molar-refractivity contribution in [3.8, 4) is 0 Å². The van der Waals surface area contributed by atoms with Gasteiger partial charge in [0.25, 0.3) is 5.91 Å². The highest BCUT2D eigenvalue weighted by Gasteiger charge is 2.49. The van der Waals surface area contributed by atoms with Crippen molar-refractivity contribution in [2.24, 2.45) is 13.0 Å². The lowest BCUT2D eigenvalue weighted by Crippen LogP contribution is -2.50. The van der Waals surface area contributed by atoms with Crippen LogP contribution in [-0.4, -0.2) is 63.4 Å². The molecule has 0 spiro atoms. The van der Waals surface area contributed by atoms with Gasteiger partial charge in [-0.15, -0.1) is 0 Å². The number of alkyl halides is 3. The van der Waals surface area contributed by atoms with Crippen molar-refractivity contribution in [1.82, 2.24) is 25.3 Å². The van der Waals surface area contributed by atoms with Crippen LogP contribution in [-0.2, 0) is 37.5 Å². The highest BCUT2D eigenvalue weighted by Crippen LogP contribution is 2.33. The predicted octanol–water partition coefficient (Wildman–Crippen LogP) is 4.04. The molecule has 2 aromatic carbocycles. The van der Waals surface area contributed by atoms with E-state index in [0.717, 1.165) is 22.3 Å². The summed E-state index contributed by atoms with van der Waals surface area (Å²) in [5.41, 5.74) is 4.80. The Balaban J connectivity index is 1.18. The molecule has 1 fully saturated rings. The van der Waals surface area contributed by atoms with Gasteiger partial charge in [-0.1, -0.05) is 23.7 Å². The highest BCUT2D eigenvalue weighted by atomic mass is 35.5. The first-order valence-corrected chi connectivity index (χ1v) is 14.5. The molecule has 4 atom stereocenters. The molecule has 2 heterocycles. The molecule has 226 valence electrons. The lowest BCUT2D eigenvalue weighted by Gasteiger charge is -2.31. The number of aryl methyl sites for hydroxylation is 2. The highest BCUT2D eigenvalue weighted by molar-refractivity contribution is 6.30. The van der Waals surface area contributed by atoms with E-state index < -0.39 is 42.8 Å². The Morgan fingerprint density at radius 1 is 1.05 bits per heavy atom. The van der Waals surface area contributed by atoms with E-state index in [2.05, 4.69) is 15.7 Å². The second-order valence-corrected chi connectivity index (χ2v) is 11.9. The monoisotopic (exact) mass is 614 g/mol. The number of halogens is 4. The minimum Gasteiger partial charge on any atom is -0.339 e. The fraction of sp³-hybridized carbons (Fsp3) is 0.400. The molecule has 3 aliphatic rings. The zero-order chi connectivity index (χ0) is 30.5. The molecule has 3 N–H and O–H groups in total. The summed E-state index contributed by atoms with van der Waals surface area (Å²) in [5.74, 6) is -0.973. The fourth-order valence-electron chi connectivity index (χ4n) is 6.42. The summed E-state index contributed by atoms with van der Waals surface area (Å²) in [6, 6.07) is 8.77. The van der Waals surface area contributed by atoms with Gasteiger partial charge in [-0.2, -0.15) is 18.3 Å². The Morgan fingerprint density at radius 3 is 2.51 bits per heavy atom. The van der Waals surface area contributed by atoms with Crippen LogP contribution >= 0.6 is 11.6 Å². The van der Waals surface area contributed by atoms with E-state index in [-0.39, 0.29) is 11.8 Å². The molecule has 6 rings (SSSR count). The third-order valence-electron chi connectivity index (χ3n) is 8.69. The Morgan fingerprint density at radius 2 is 1.79 bits per heavy atom. The van der Waals surface area contributed by atoms with Crippen molar-refractivity contribution in [1.29, 1.82) is 0 Å². The number of anilines is 1. The number of urea groups is 1. The van der Waals surface area contributed by atoms with Crippen molar-refractivity contribution >= 4 is 35.1 Å². The molecule has 1 aromatic heterocycles. The van der Waals surface area contributed by atoms with Gasteiger partial charge in [-0.3, -0.25) is 14.3 Å². The number of nitrogens with one attached hydrogen (secondary N) is 3. The molecule has 3 aromatic rings. The molecule has 0 saturated carbocycles. The summed E-state index contributed by atoms with van der Waals surface area (Å²) in [6.07, 6.45) is -0.235. The predicted molar refractivity (Wildman–Crippen MR) is 153 cm³/mol. The van der Waals surface area contributed by atoms with Crippen molar-refractivity contribution in [2.75, 3.05) is 11.9 Å². The Labute approximate surface area is 250 Å². The quantitative estimate of drug-likeness (QED) is 0.390. The summed E-state index contributed by atoms with van der Waals surface area (Å²) in [4.78, 5) is 40.5. The number of benzene rings is 2. The lowest BCUT2D eigenvalue weighted by atomic mass is 9.79.